The topological polar surface area (TPSA) is 119 Å². The fraction of sp³-hybridized carbons (Fsp3) is 0.957. The highest BCUT2D eigenvalue weighted by Crippen LogP contribution is 2.36. The van der Waals surface area contributed by atoms with Crippen molar-refractivity contribution >= 4 is 19.8 Å². The molecule has 9 heteroatoms. The van der Waals surface area contributed by atoms with Gasteiger partial charge < -0.3 is 19.3 Å². The second kappa shape index (κ2) is 42.7. The van der Waals surface area contributed by atoms with E-state index in [9.17, 15) is 14.2 Å². The number of hydrogen-bond acceptors (Lipinski definition) is 6. The summed E-state index contributed by atoms with van der Waals surface area (Å²) in [6.07, 6.45) is 46.9. The van der Waals surface area contributed by atoms with Crippen LogP contribution < -0.4 is 0 Å². The van der Waals surface area contributed by atoms with Crippen LogP contribution in [-0.4, -0.2) is 41.0 Å². The van der Waals surface area contributed by atoms with Crippen LogP contribution in [0.15, 0.2) is 0 Å². The van der Waals surface area contributed by atoms with Gasteiger partial charge in [-0.15, -0.1) is 0 Å². The predicted molar refractivity (Wildman–Crippen MR) is 230 cm³/mol. The van der Waals surface area contributed by atoms with Gasteiger partial charge in [0.2, 0.25) is 0 Å². The van der Waals surface area contributed by atoms with E-state index >= 15 is 0 Å². The van der Waals surface area contributed by atoms with Gasteiger partial charge in [-0.1, -0.05) is 239 Å². The highest BCUT2D eigenvalue weighted by atomic mass is 31.2. The molecule has 2 N–H and O–H groups in total. The lowest BCUT2D eigenvalue weighted by Gasteiger charge is -2.18. The molecule has 0 aromatic rings. The summed E-state index contributed by atoms with van der Waals surface area (Å²) in [6.45, 7) is 3.74. The molecular weight excluding hydrogens is 711 g/mol. The molecule has 0 bridgehead atoms. The largest absolute Gasteiger partial charge is 0.469 e. The molecule has 0 saturated carbocycles. The Labute approximate surface area is 340 Å². The average molecular weight is 803 g/mol. The Morgan fingerprint density at radius 1 is 0.400 bits per heavy atom. The number of carbonyl (C=O) groups excluding carboxylic acids is 2. The summed E-state index contributed by atoms with van der Waals surface area (Å²) in [7, 11) is -4.75. The van der Waals surface area contributed by atoms with Crippen molar-refractivity contribution in [2.45, 2.75) is 270 Å². The zero-order valence-corrected chi connectivity index (χ0v) is 37.3. The first kappa shape index (κ1) is 54.0. The maximum absolute atomic E-state index is 12.4. The quantitative estimate of drug-likeness (QED) is 0.0355. The smallest absolute Gasteiger partial charge is 0.462 e. The summed E-state index contributed by atoms with van der Waals surface area (Å²) >= 11 is 0. The molecule has 0 unspecified atom stereocenters. The molecule has 0 heterocycles. The highest BCUT2D eigenvalue weighted by molar-refractivity contribution is 7.46. The maximum atomic E-state index is 12.4. The van der Waals surface area contributed by atoms with Crippen molar-refractivity contribution in [3.05, 3.63) is 0 Å². The predicted octanol–water partition coefficient (Wildman–Crippen LogP) is 14.8. The fourth-order valence-corrected chi connectivity index (χ4v) is 7.68. The highest BCUT2D eigenvalue weighted by Gasteiger charge is 2.23. The molecule has 1 atom stereocenters. The van der Waals surface area contributed by atoms with Gasteiger partial charge in [0.1, 0.15) is 6.61 Å². The summed E-state index contributed by atoms with van der Waals surface area (Å²) in [5.74, 6) is -0.863. The van der Waals surface area contributed by atoms with Crippen molar-refractivity contribution in [3.8, 4) is 0 Å². The van der Waals surface area contributed by atoms with Gasteiger partial charge in [-0.2, -0.15) is 0 Å². The Hall–Kier alpha value is -0.950. The Kier molecular flexibility index (Phi) is 41.9. The number of rotatable bonds is 45. The van der Waals surface area contributed by atoms with Gasteiger partial charge in [0.25, 0.3) is 0 Å². The zero-order valence-electron chi connectivity index (χ0n) is 36.4. The number of unbranched alkanes of at least 4 members (excludes halogenated alkanes) is 35. The average Bonchev–Trinajstić information content (AvgIpc) is 3.16. The van der Waals surface area contributed by atoms with Crippen LogP contribution in [0.2, 0.25) is 0 Å². The first-order valence-electron chi connectivity index (χ1n) is 23.8. The number of hydrogen-bond donors (Lipinski definition) is 2. The van der Waals surface area contributed by atoms with Gasteiger partial charge in [0.05, 0.1) is 6.61 Å². The van der Waals surface area contributed by atoms with Crippen LogP contribution in [0.25, 0.3) is 0 Å². The lowest BCUT2D eigenvalue weighted by Crippen LogP contribution is -2.29. The number of phosphoric acid groups is 1. The second-order valence-corrected chi connectivity index (χ2v) is 17.7. The van der Waals surface area contributed by atoms with E-state index in [1.54, 1.807) is 0 Å². The Balaban J connectivity index is 3.78. The molecule has 328 valence electrons. The standard InChI is InChI=1S/C46H91O8P/c1-3-5-7-9-11-13-15-17-19-21-22-23-24-25-27-29-31-33-35-37-39-41-46(48)54-44(43-53-55(49,50)51)42-52-45(47)40-38-36-34-32-30-28-26-20-18-16-14-12-10-8-6-4-2/h44H,3-43H2,1-2H3,(H2,49,50,51)/t44-/m1/s1. The summed E-state index contributed by atoms with van der Waals surface area (Å²) in [5.41, 5.74) is 0. The van der Waals surface area contributed by atoms with Crippen LogP contribution in [0, 0.1) is 0 Å². The first-order chi connectivity index (χ1) is 26.8. The van der Waals surface area contributed by atoms with Gasteiger partial charge >= 0.3 is 19.8 Å². The van der Waals surface area contributed by atoms with Crippen molar-refractivity contribution < 1.29 is 37.9 Å². The SMILES string of the molecule is CCCCCCCCCCCCCCCCCCCCCCCC(=O)O[C@H](COC(=O)CCCCCCCCCCCCCCCCCC)COP(=O)(O)O. The molecule has 0 amide bonds. The first-order valence-corrected chi connectivity index (χ1v) is 25.4. The number of esters is 2. The van der Waals surface area contributed by atoms with E-state index in [0.29, 0.717) is 6.42 Å². The number of carbonyl (C=O) groups is 2. The van der Waals surface area contributed by atoms with E-state index in [0.717, 1.165) is 32.1 Å². The van der Waals surface area contributed by atoms with Gasteiger partial charge in [0, 0.05) is 12.8 Å². The van der Waals surface area contributed by atoms with Crippen LogP contribution >= 0.6 is 7.82 Å². The Morgan fingerprint density at radius 3 is 0.927 bits per heavy atom. The van der Waals surface area contributed by atoms with E-state index in [-0.39, 0.29) is 19.4 Å². The molecule has 0 rings (SSSR count). The van der Waals surface area contributed by atoms with E-state index in [1.165, 1.54) is 199 Å². The number of phosphoric ester groups is 1. The molecule has 8 nitrogen and oxygen atoms in total. The molecule has 0 aliphatic rings. The van der Waals surface area contributed by atoms with Gasteiger partial charge in [0.15, 0.2) is 6.10 Å². The molecule has 0 radical (unpaired) electrons. The maximum Gasteiger partial charge on any atom is 0.469 e. The molecule has 0 aromatic heterocycles. The zero-order chi connectivity index (χ0) is 40.3. The van der Waals surface area contributed by atoms with E-state index < -0.39 is 32.5 Å². The lowest BCUT2D eigenvalue weighted by molar-refractivity contribution is -0.161. The minimum Gasteiger partial charge on any atom is -0.462 e. The molecule has 0 aliphatic heterocycles. The number of ether oxygens (including phenoxy) is 2. The summed E-state index contributed by atoms with van der Waals surface area (Å²) < 4.78 is 26.5. The van der Waals surface area contributed by atoms with Crippen molar-refractivity contribution in [1.82, 2.24) is 0 Å². The van der Waals surface area contributed by atoms with Gasteiger partial charge in [-0.05, 0) is 12.8 Å². The fourth-order valence-electron chi connectivity index (χ4n) is 7.32. The summed E-state index contributed by atoms with van der Waals surface area (Å²) in [4.78, 5) is 43.0. The normalized spacial score (nSPS) is 12.3. The van der Waals surface area contributed by atoms with Crippen LogP contribution in [0.1, 0.15) is 264 Å². The summed E-state index contributed by atoms with van der Waals surface area (Å²) in [5, 5.41) is 0. The molecule has 0 aliphatic carbocycles. The van der Waals surface area contributed by atoms with Crippen molar-refractivity contribution in [2.75, 3.05) is 13.2 Å². The monoisotopic (exact) mass is 803 g/mol. The van der Waals surface area contributed by atoms with Crippen molar-refractivity contribution in [3.63, 3.8) is 0 Å². The molecule has 0 aromatic carbocycles. The summed E-state index contributed by atoms with van der Waals surface area (Å²) in [6, 6.07) is 0. The van der Waals surface area contributed by atoms with E-state index in [4.69, 9.17) is 19.3 Å². The van der Waals surface area contributed by atoms with Crippen LogP contribution in [0.3, 0.4) is 0 Å². The van der Waals surface area contributed by atoms with Crippen molar-refractivity contribution in [2.24, 2.45) is 0 Å². The Bertz CT molecular complexity index is 863. The van der Waals surface area contributed by atoms with Gasteiger partial charge in [-0.3, -0.25) is 14.1 Å². The second-order valence-electron chi connectivity index (χ2n) is 16.5. The molecule has 0 fully saturated rings. The third kappa shape index (κ3) is 45.6. The molecule has 0 saturated heterocycles. The van der Waals surface area contributed by atoms with Crippen LogP contribution in [0.4, 0.5) is 0 Å². The molecule has 0 spiro atoms. The third-order valence-electron chi connectivity index (χ3n) is 10.9. The molecule has 55 heavy (non-hydrogen) atoms. The van der Waals surface area contributed by atoms with E-state index in [1.807, 2.05) is 0 Å². The Morgan fingerprint density at radius 2 is 0.655 bits per heavy atom. The van der Waals surface area contributed by atoms with E-state index in [2.05, 4.69) is 18.4 Å². The van der Waals surface area contributed by atoms with Crippen LogP contribution in [0.5, 0.6) is 0 Å². The molecular formula is C46H91O8P. The lowest BCUT2D eigenvalue weighted by atomic mass is 10.0. The van der Waals surface area contributed by atoms with Crippen molar-refractivity contribution in [1.29, 1.82) is 0 Å². The van der Waals surface area contributed by atoms with Gasteiger partial charge in [-0.25, -0.2) is 4.57 Å². The minimum absolute atomic E-state index is 0.221. The van der Waals surface area contributed by atoms with Crippen LogP contribution in [-0.2, 0) is 28.2 Å². The minimum atomic E-state index is -4.75. The third-order valence-corrected chi connectivity index (χ3v) is 11.4.